The van der Waals surface area contributed by atoms with Gasteiger partial charge in [0.15, 0.2) is 0 Å². The summed E-state index contributed by atoms with van der Waals surface area (Å²) in [6.07, 6.45) is -2.35. The Labute approximate surface area is 71.3 Å². The second-order valence-electron chi connectivity index (χ2n) is 2.84. The summed E-state index contributed by atoms with van der Waals surface area (Å²) in [6.45, 7) is 4.30. The Kier molecular flexibility index (Phi) is 5.84. The molecule has 0 aliphatic carbocycles. The molecule has 0 heterocycles. The third-order valence-electron chi connectivity index (χ3n) is 1.30. The average Bonchev–Trinajstić information content (AvgIpc) is 1.97. The van der Waals surface area contributed by atoms with Crippen molar-refractivity contribution < 1.29 is 13.9 Å². The lowest BCUT2D eigenvalue weighted by Crippen LogP contribution is -2.32. The average molecular weight is 179 g/mol. The largest absolute Gasteiger partial charge is 0.386 e. The molecule has 0 radical (unpaired) electrons. The predicted octanol–water partition coefficient (Wildman–Crippen LogP) is 1.17. The van der Waals surface area contributed by atoms with Crippen LogP contribution in [0, 0.1) is 0 Å². The maximum absolute atomic E-state index is 11.7. The van der Waals surface area contributed by atoms with Gasteiger partial charge in [-0.3, -0.25) is 0 Å². The summed E-state index contributed by atoms with van der Waals surface area (Å²) in [7, 11) is 0. The summed E-state index contributed by atoms with van der Waals surface area (Å²) in [5.74, 6) is 0. The Balaban J connectivity index is 3.38. The Morgan fingerprint density at radius 2 is 2.08 bits per heavy atom. The van der Waals surface area contributed by atoms with Crippen LogP contribution >= 0.6 is 0 Å². The van der Waals surface area contributed by atoms with Crippen molar-refractivity contribution in [2.45, 2.75) is 26.4 Å². The minimum atomic E-state index is -2.66. The molecule has 0 aliphatic heterocycles. The van der Waals surface area contributed by atoms with Crippen LogP contribution in [0.15, 0.2) is 11.6 Å². The minimum Gasteiger partial charge on any atom is -0.386 e. The van der Waals surface area contributed by atoms with Crippen LogP contribution in [0.5, 0.6) is 0 Å². The number of alkyl halides is 2. The molecule has 2 N–H and O–H groups in total. The Morgan fingerprint density at radius 3 is 2.50 bits per heavy atom. The van der Waals surface area contributed by atoms with E-state index in [1.54, 1.807) is 0 Å². The minimum absolute atomic E-state index is 0.0680. The molecule has 0 aromatic carbocycles. The highest BCUT2D eigenvalue weighted by Crippen LogP contribution is 1.98. The fraction of sp³-hybridized carbons (Fsp3) is 0.750. The van der Waals surface area contributed by atoms with Crippen LogP contribution in [-0.4, -0.2) is 30.7 Å². The SMILES string of the molecule is CC(C)=CCNCC(O)C(F)F. The van der Waals surface area contributed by atoms with Crippen LogP contribution in [0.25, 0.3) is 0 Å². The molecule has 12 heavy (non-hydrogen) atoms. The van der Waals surface area contributed by atoms with E-state index in [0.717, 1.165) is 5.57 Å². The van der Waals surface area contributed by atoms with Crippen molar-refractivity contribution in [3.8, 4) is 0 Å². The number of hydrogen-bond donors (Lipinski definition) is 2. The lowest BCUT2D eigenvalue weighted by Gasteiger charge is -2.08. The molecular weight excluding hydrogens is 164 g/mol. The van der Waals surface area contributed by atoms with E-state index in [1.807, 2.05) is 19.9 Å². The Bertz CT molecular complexity index is 144. The van der Waals surface area contributed by atoms with Crippen LogP contribution < -0.4 is 5.32 Å². The van der Waals surface area contributed by atoms with Crippen LogP contribution in [0.1, 0.15) is 13.8 Å². The van der Waals surface area contributed by atoms with E-state index in [9.17, 15) is 8.78 Å². The summed E-state index contributed by atoms with van der Waals surface area (Å²) in [6, 6.07) is 0. The summed E-state index contributed by atoms with van der Waals surface area (Å²) in [4.78, 5) is 0. The van der Waals surface area contributed by atoms with Gasteiger partial charge >= 0.3 is 0 Å². The van der Waals surface area contributed by atoms with Gasteiger partial charge in [0.25, 0.3) is 6.43 Å². The molecule has 0 amide bonds. The predicted molar refractivity (Wildman–Crippen MR) is 44.3 cm³/mol. The normalized spacial score (nSPS) is 13.2. The molecule has 4 heteroatoms. The molecule has 0 spiro atoms. The fourth-order valence-corrected chi connectivity index (χ4v) is 0.597. The lowest BCUT2D eigenvalue weighted by atomic mass is 10.3. The number of aliphatic hydroxyl groups excluding tert-OH is 1. The molecular formula is C8H15F2NO. The molecule has 72 valence electrons. The molecule has 0 bridgehead atoms. The molecule has 0 aromatic heterocycles. The molecule has 1 atom stereocenters. The van der Waals surface area contributed by atoms with Crippen LogP contribution in [0.3, 0.4) is 0 Å². The third kappa shape index (κ3) is 6.24. The smallest absolute Gasteiger partial charge is 0.265 e. The molecule has 0 aliphatic rings. The van der Waals surface area contributed by atoms with Crippen molar-refractivity contribution >= 4 is 0 Å². The maximum Gasteiger partial charge on any atom is 0.265 e. The molecule has 1 unspecified atom stereocenters. The monoisotopic (exact) mass is 179 g/mol. The highest BCUT2D eigenvalue weighted by Gasteiger charge is 2.14. The van der Waals surface area contributed by atoms with E-state index >= 15 is 0 Å². The van der Waals surface area contributed by atoms with Gasteiger partial charge in [0.2, 0.25) is 0 Å². The third-order valence-corrected chi connectivity index (χ3v) is 1.30. The molecule has 0 aromatic rings. The fourth-order valence-electron chi connectivity index (χ4n) is 0.597. The van der Waals surface area contributed by atoms with E-state index in [-0.39, 0.29) is 6.54 Å². The van der Waals surface area contributed by atoms with Crippen molar-refractivity contribution in [2.75, 3.05) is 13.1 Å². The second-order valence-corrected chi connectivity index (χ2v) is 2.84. The first-order chi connectivity index (χ1) is 5.54. The lowest BCUT2D eigenvalue weighted by molar-refractivity contribution is -0.00275. The van der Waals surface area contributed by atoms with Gasteiger partial charge in [-0.1, -0.05) is 11.6 Å². The van der Waals surface area contributed by atoms with Gasteiger partial charge in [0.05, 0.1) is 0 Å². The van der Waals surface area contributed by atoms with E-state index < -0.39 is 12.5 Å². The zero-order valence-corrected chi connectivity index (χ0v) is 7.35. The van der Waals surface area contributed by atoms with Crippen LogP contribution in [0.2, 0.25) is 0 Å². The number of aliphatic hydroxyl groups is 1. The highest BCUT2D eigenvalue weighted by atomic mass is 19.3. The van der Waals surface area contributed by atoms with Crippen LogP contribution in [-0.2, 0) is 0 Å². The highest BCUT2D eigenvalue weighted by molar-refractivity contribution is 4.94. The zero-order valence-electron chi connectivity index (χ0n) is 7.35. The Morgan fingerprint density at radius 1 is 1.50 bits per heavy atom. The van der Waals surface area contributed by atoms with Gasteiger partial charge in [-0.05, 0) is 13.8 Å². The van der Waals surface area contributed by atoms with Gasteiger partial charge in [-0.2, -0.15) is 0 Å². The molecule has 0 rings (SSSR count). The van der Waals surface area contributed by atoms with E-state index in [0.29, 0.717) is 6.54 Å². The topological polar surface area (TPSA) is 32.3 Å². The summed E-state index contributed by atoms with van der Waals surface area (Å²) in [5, 5.41) is 11.3. The number of halogens is 2. The number of hydrogen-bond acceptors (Lipinski definition) is 2. The van der Waals surface area contributed by atoms with Crippen LogP contribution in [0.4, 0.5) is 8.78 Å². The number of nitrogens with one attached hydrogen (secondary N) is 1. The van der Waals surface area contributed by atoms with Gasteiger partial charge in [-0.25, -0.2) is 8.78 Å². The first-order valence-electron chi connectivity index (χ1n) is 3.84. The van der Waals surface area contributed by atoms with Gasteiger partial charge in [-0.15, -0.1) is 0 Å². The van der Waals surface area contributed by atoms with Gasteiger partial charge < -0.3 is 10.4 Å². The number of allylic oxidation sites excluding steroid dienone is 1. The van der Waals surface area contributed by atoms with Gasteiger partial charge in [0.1, 0.15) is 6.10 Å². The maximum atomic E-state index is 11.7. The van der Waals surface area contributed by atoms with Crippen molar-refractivity contribution in [3.63, 3.8) is 0 Å². The first kappa shape index (κ1) is 11.5. The number of rotatable bonds is 5. The van der Waals surface area contributed by atoms with E-state index in [2.05, 4.69) is 5.32 Å². The zero-order chi connectivity index (χ0) is 9.56. The quantitative estimate of drug-likeness (QED) is 0.490. The molecule has 0 saturated heterocycles. The van der Waals surface area contributed by atoms with E-state index in [4.69, 9.17) is 5.11 Å². The van der Waals surface area contributed by atoms with Gasteiger partial charge in [0, 0.05) is 13.1 Å². The van der Waals surface area contributed by atoms with E-state index in [1.165, 1.54) is 0 Å². The van der Waals surface area contributed by atoms with Crippen molar-refractivity contribution in [3.05, 3.63) is 11.6 Å². The van der Waals surface area contributed by atoms with Crippen molar-refractivity contribution in [1.82, 2.24) is 5.32 Å². The summed E-state index contributed by atoms with van der Waals surface area (Å²) in [5.41, 5.74) is 1.12. The molecule has 0 fully saturated rings. The first-order valence-corrected chi connectivity index (χ1v) is 3.84. The molecule has 0 saturated carbocycles. The van der Waals surface area contributed by atoms with Crippen molar-refractivity contribution in [1.29, 1.82) is 0 Å². The standard InChI is InChI=1S/C8H15F2NO/c1-6(2)3-4-11-5-7(12)8(9)10/h3,7-8,11-12H,4-5H2,1-2H3. The second kappa shape index (κ2) is 6.08. The summed E-state index contributed by atoms with van der Waals surface area (Å²) >= 11 is 0. The Hall–Kier alpha value is -0.480. The summed E-state index contributed by atoms with van der Waals surface area (Å²) < 4.78 is 23.4. The van der Waals surface area contributed by atoms with Crippen molar-refractivity contribution in [2.24, 2.45) is 0 Å². The molecule has 2 nitrogen and oxygen atoms in total.